The average molecular weight is 273 g/mol. The highest BCUT2D eigenvalue weighted by atomic mass is 16.5. The van der Waals surface area contributed by atoms with Crippen LogP contribution in [0.3, 0.4) is 0 Å². The smallest absolute Gasteiger partial charge is 0.123 e. The monoisotopic (exact) mass is 273 g/mol. The summed E-state index contributed by atoms with van der Waals surface area (Å²) in [6, 6.07) is 8.58. The number of hydrogen-bond donors (Lipinski definition) is 1. The minimum atomic E-state index is 0.238. The van der Waals surface area contributed by atoms with Gasteiger partial charge in [-0.05, 0) is 44.0 Å². The van der Waals surface area contributed by atoms with Crippen molar-refractivity contribution in [3.8, 4) is 5.75 Å². The minimum Gasteiger partial charge on any atom is -0.496 e. The Morgan fingerprint density at radius 3 is 2.80 bits per heavy atom. The molecule has 0 spiro atoms. The first-order valence-electron chi connectivity index (χ1n) is 7.13. The quantitative estimate of drug-likeness (QED) is 0.831. The largest absolute Gasteiger partial charge is 0.496 e. The Morgan fingerprint density at radius 1 is 1.30 bits per heavy atom. The van der Waals surface area contributed by atoms with Crippen molar-refractivity contribution in [1.29, 1.82) is 0 Å². The summed E-state index contributed by atoms with van der Waals surface area (Å²) in [6.45, 7) is 5.27. The second-order valence-corrected chi connectivity index (χ2v) is 5.09. The van der Waals surface area contributed by atoms with Gasteiger partial charge in [0.1, 0.15) is 5.75 Å². The van der Waals surface area contributed by atoms with Gasteiger partial charge in [0.25, 0.3) is 0 Å². The molecule has 1 heterocycles. The maximum absolute atomic E-state index is 5.52. The number of ether oxygens (including phenoxy) is 1. The van der Waals surface area contributed by atoms with E-state index in [1.807, 2.05) is 18.4 Å². The van der Waals surface area contributed by atoms with Crippen LogP contribution in [-0.4, -0.2) is 13.7 Å². The van der Waals surface area contributed by atoms with Gasteiger partial charge in [-0.1, -0.05) is 24.6 Å². The zero-order valence-corrected chi connectivity index (χ0v) is 12.5. The van der Waals surface area contributed by atoms with Crippen molar-refractivity contribution in [1.82, 2.24) is 5.32 Å². The fourth-order valence-corrected chi connectivity index (χ4v) is 2.38. The first kappa shape index (κ1) is 14.7. The van der Waals surface area contributed by atoms with Crippen LogP contribution in [0.5, 0.6) is 5.75 Å². The van der Waals surface area contributed by atoms with Crippen LogP contribution in [0.1, 0.15) is 36.1 Å². The van der Waals surface area contributed by atoms with Crippen molar-refractivity contribution in [2.24, 2.45) is 0 Å². The van der Waals surface area contributed by atoms with Crippen LogP contribution in [-0.2, 0) is 6.42 Å². The van der Waals surface area contributed by atoms with Gasteiger partial charge in [-0.2, -0.15) is 0 Å². The first-order valence-corrected chi connectivity index (χ1v) is 7.13. The average Bonchev–Trinajstić information content (AvgIpc) is 2.96. The summed E-state index contributed by atoms with van der Waals surface area (Å²) in [5, 5.41) is 3.60. The SMILES string of the molecule is CCCNC(Cc1ccoc1)c1cc(C)ccc1OC. The Kier molecular flexibility index (Phi) is 5.24. The standard InChI is InChI=1S/C17H23NO2/c1-4-8-18-16(11-14-7-9-20-12-14)15-10-13(2)5-6-17(15)19-3/h5-7,9-10,12,16,18H,4,8,11H2,1-3H3. The molecule has 0 radical (unpaired) electrons. The molecule has 0 aliphatic rings. The van der Waals surface area contributed by atoms with Crippen molar-refractivity contribution in [3.05, 3.63) is 53.5 Å². The van der Waals surface area contributed by atoms with Gasteiger partial charge in [-0.15, -0.1) is 0 Å². The topological polar surface area (TPSA) is 34.4 Å². The zero-order valence-electron chi connectivity index (χ0n) is 12.5. The van der Waals surface area contributed by atoms with E-state index >= 15 is 0 Å². The summed E-state index contributed by atoms with van der Waals surface area (Å²) in [5.74, 6) is 0.938. The van der Waals surface area contributed by atoms with E-state index in [-0.39, 0.29) is 6.04 Å². The van der Waals surface area contributed by atoms with E-state index in [2.05, 4.69) is 31.3 Å². The molecule has 0 aliphatic heterocycles. The molecule has 1 aromatic heterocycles. The summed E-state index contributed by atoms with van der Waals surface area (Å²) in [7, 11) is 1.73. The molecule has 0 bridgehead atoms. The van der Waals surface area contributed by atoms with Crippen molar-refractivity contribution >= 4 is 0 Å². The lowest BCUT2D eigenvalue weighted by Crippen LogP contribution is -2.24. The number of hydrogen-bond acceptors (Lipinski definition) is 3. The lowest BCUT2D eigenvalue weighted by atomic mass is 9.97. The van der Waals surface area contributed by atoms with Gasteiger partial charge in [-0.3, -0.25) is 0 Å². The highest BCUT2D eigenvalue weighted by molar-refractivity contribution is 5.39. The van der Waals surface area contributed by atoms with E-state index in [4.69, 9.17) is 9.15 Å². The summed E-state index contributed by atoms with van der Waals surface area (Å²) in [4.78, 5) is 0. The summed E-state index contributed by atoms with van der Waals surface area (Å²) in [6.07, 6.45) is 5.54. The zero-order chi connectivity index (χ0) is 14.4. The summed E-state index contributed by atoms with van der Waals surface area (Å²) in [5.41, 5.74) is 3.65. The molecule has 2 rings (SSSR count). The molecule has 0 saturated heterocycles. The van der Waals surface area contributed by atoms with Crippen LogP contribution >= 0.6 is 0 Å². The van der Waals surface area contributed by atoms with Crippen molar-refractivity contribution in [2.75, 3.05) is 13.7 Å². The highest BCUT2D eigenvalue weighted by Crippen LogP contribution is 2.29. The molecular formula is C17H23NO2. The first-order chi connectivity index (χ1) is 9.74. The summed E-state index contributed by atoms with van der Waals surface area (Å²) >= 11 is 0. The Balaban J connectivity index is 2.27. The molecule has 1 atom stereocenters. The molecule has 0 amide bonds. The second kappa shape index (κ2) is 7.15. The third kappa shape index (κ3) is 3.64. The third-order valence-corrected chi connectivity index (χ3v) is 3.42. The number of rotatable bonds is 7. The van der Waals surface area contributed by atoms with E-state index in [1.165, 1.54) is 16.7 Å². The molecule has 1 N–H and O–H groups in total. The normalized spacial score (nSPS) is 12.3. The predicted molar refractivity (Wildman–Crippen MR) is 81.2 cm³/mol. The molecule has 1 unspecified atom stereocenters. The number of aryl methyl sites for hydroxylation is 1. The van der Waals surface area contributed by atoms with Crippen LogP contribution in [0.4, 0.5) is 0 Å². The van der Waals surface area contributed by atoms with Gasteiger partial charge in [0.05, 0.1) is 19.6 Å². The Morgan fingerprint density at radius 2 is 2.15 bits per heavy atom. The van der Waals surface area contributed by atoms with Gasteiger partial charge in [0.2, 0.25) is 0 Å². The molecule has 0 saturated carbocycles. The molecule has 0 aliphatic carbocycles. The Bertz CT molecular complexity index is 520. The number of furan rings is 1. The van der Waals surface area contributed by atoms with E-state index in [0.717, 1.165) is 25.1 Å². The Labute approximate surface area is 121 Å². The summed E-state index contributed by atoms with van der Waals surface area (Å²) < 4.78 is 10.7. The van der Waals surface area contributed by atoms with Gasteiger partial charge >= 0.3 is 0 Å². The Hall–Kier alpha value is -1.74. The van der Waals surface area contributed by atoms with Gasteiger partial charge in [0.15, 0.2) is 0 Å². The molecule has 2 aromatic rings. The van der Waals surface area contributed by atoms with E-state index in [1.54, 1.807) is 13.4 Å². The van der Waals surface area contributed by atoms with Crippen LogP contribution in [0.2, 0.25) is 0 Å². The molecule has 3 nitrogen and oxygen atoms in total. The van der Waals surface area contributed by atoms with Crippen molar-refractivity contribution in [3.63, 3.8) is 0 Å². The van der Waals surface area contributed by atoms with Gasteiger partial charge in [0, 0.05) is 11.6 Å². The van der Waals surface area contributed by atoms with Crippen LogP contribution in [0.25, 0.3) is 0 Å². The number of nitrogens with one attached hydrogen (secondary N) is 1. The number of methoxy groups -OCH3 is 1. The van der Waals surface area contributed by atoms with Crippen LogP contribution in [0, 0.1) is 6.92 Å². The molecule has 0 fully saturated rings. The molecule has 1 aromatic carbocycles. The van der Waals surface area contributed by atoms with E-state index in [9.17, 15) is 0 Å². The third-order valence-electron chi connectivity index (χ3n) is 3.42. The minimum absolute atomic E-state index is 0.238. The highest BCUT2D eigenvalue weighted by Gasteiger charge is 2.17. The van der Waals surface area contributed by atoms with Crippen molar-refractivity contribution in [2.45, 2.75) is 32.7 Å². The maximum Gasteiger partial charge on any atom is 0.123 e. The number of benzene rings is 1. The predicted octanol–water partition coefficient (Wildman–Crippen LogP) is 3.88. The van der Waals surface area contributed by atoms with Gasteiger partial charge < -0.3 is 14.5 Å². The second-order valence-electron chi connectivity index (χ2n) is 5.09. The van der Waals surface area contributed by atoms with Crippen LogP contribution < -0.4 is 10.1 Å². The van der Waals surface area contributed by atoms with Crippen LogP contribution in [0.15, 0.2) is 41.2 Å². The lowest BCUT2D eigenvalue weighted by Gasteiger charge is -2.21. The molecule has 20 heavy (non-hydrogen) atoms. The fraction of sp³-hybridized carbons (Fsp3) is 0.412. The maximum atomic E-state index is 5.52. The van der Waals surface area contributed by atoms with E-state index < -0.39 is 0 Å². The lowest BCUT2D eigenvalue weighted by molar-refractivity contribution is 0.397. The molecule has 3 heteroatoms. The fourth-order valence-electron chi connectivity index (χ4n) is 2.38. The van der Waals surface area contributed by atoms with Gasteiger partial charge in [-0.25, -0.2) is 0 Å². The van der Waals surface area contributed by atoms with E-state index in [0.29, 0.717) is 0 Å². The molecule has 108 valence electrons. The van der Waals surface area contributed by atoms with Crippen molar-refractivity contribution < 1.29 is 9.15 Å². The molecular weight excluding hydrogens is 250 g/mol.